The molecule has 0 atom stereocenters. The van der Waals surface area contributed by atoms with Gasteiger partial charge in [0, 0.05) is 23.5 Å². The molecule has 0 bridgehead atoms. The number of thiophene rings is 1. The predicted molar refractivity (Wildman–Crippen MR) is 89.8 cm³/mol. The molecule has 4 heteroatoms. The minimum absolute atomic E-state index is 0.875. The molecule has 0 unspecified atom stereocenters. The first-order chi connectivity index (χ1) is 10.2. The second kappa shape index (κ2) is 8.37. The van der Waals surface area contributed by atoms with Crippen LogP contribution in [0.3, 0.4) is 0 Å². The number of rotatable bonds is 9. The van der Waals surface area contributed by atoms with Crippen LogP contribution < -0.4 is 5.32 Å². The topological polar surface area (TPSA) is 28.4 Å². The highest BCUT2D eigenvalue weighted by Gasteiger charge is 2.09. The molecule has 0 saturated heterocycles. The van der Waals surface area contributed by atoms with E-state index in [0.29, 0.717) is 0 Å². The first-order valence-corrected chi connectivity index (χ1v) is 8.56. The van der Waals surface area contributed by atoms with Gasteiger partial charge in [0.2, 0.25) is 0 Å². The summed E-state index contributed by atoms with van der Waals surface area (Å²) in [6, 6.07) is 6.51. The van der Waals surface area contributed by atoms with Gasteiger partial charge in [-0.2, -0.15) is 0 Å². The van der Waals surface area contributed by atoms with Crippen LogP contribution in [0.15, 0.2) is 28.0 Å². The number of hydrogen-bond donors (Lipinski definition) is 1. The fraction of sp³-hybridized carbons (Fsp3) is 0.529. The van der Waals surface area contributed by atoms with Crippen molar-refractivity contribution < 1.29 is 4.42 Å². The van der Waals surface area contributed by atoms with Crippen molar-refractivity contribution in [1.29, 1.82) is 0 Å². The molecule has 21 heavy (non-hydrogen) atoms. The van der Waals surface area contributed by atoms with Gasteiger partial charge in [0.15, 0.2) is 0 Å². The van der Waals surface area contributed by atoms with Crippen molar-refractivity contribution >= 4 is 11.3 Å². The SMILES string of the molecule is CCCNCc1cc(CN(C)CCc2cccs2)oc1C. The van der Waals surface area contributed by atoms with Crippen molar-refractivity contribution in [1.82, 2.24) is 10.2 Å². The summed E-state index contributed by atoms with van der Waals surface area (Å²) in [5, 5.41) is 5.57. The Morgan fingerprint density at radius 3 is 2.95 bits per heavy atom. The van der Waals surface area contributed by atoms with Crippen LogP contribution in [-0.4, -0.2) is 25.0 Å². The third-order valence-electron chi connectivity index (χ3n) is 3.56. The molecule has 0 aromatic carbocycles. The summed E-state index contributed by atoms with van der Waals surface area (Å²) in [6.07, 6.45) is 2.27. The molecule has 3 nitrogen and oxygen atoms in total. The molecule has 2 rings (SSSR count). The van der Waals surface area contributed by atoms with E-state index in [4.69, 9.17) is 4.42 Å². The van der Waals surface area contributed by atoms with E-state index in [1.54, 1.807) is 0 Å². The van der Waals surface area contributed by atoms with E-state index >= 15 is 0 Å². The molecular weight excluding hydrogens is 280 g/mol. The van der Waals surface area contributed by atoms with Gasteiger partial charge in [0.25, 0.3) is 0 Å². The van der Waals surface area contributed by atoms with E-state index in [0.717, 1.165) is 50.5 Å². The molecule has 0 saturated carbocycles. The lowest BCUT2D eigenvalue weighted by atomic mass is 10.2. The van der Waals surface area contributed by atoms with Crippen LogP contribution in [0.1, 0.15) is 35.3 Å². The molecule has 0 fully saturated rings. The highest BCUT2D eigenvalue weighted by Crippen LogP contribution is 2.16. The fourth-order valence-electron chi connectivity index (χ4n) is 2.34. The highest BCUT2D eigenvalue weighted by atomic mass is 32.1. The Balaban J connectivity index is 1.80. The number of likely N-dealkylation sites (N-methyl/N-ethyl adjacent to an activating group) is 1. The summed E-state index contributed by atoms with van der Waals surface area (Å²) >= 11 is 1.83. The summed E-state index contributed by atoms with van der Waals surface area (Å²) in [7, 11) is 2.15. The number of aryl methyl sites for hydroxylation is 1. The molecule has 0 radical (unpaired) electrons. The molecule has 1 N–H and O–H groups in total. The fourth-order valence-corrected chi connectivity index (χ4v) is 3.04. The molecule has 0 amide bonds. The van der Waals surface area contributed by atoms with Gasteiger partial charge in [0.1, 0.15) is 11.5 Å². The van der Waals surface area contributed by atoms with Crippen molar-refractivity contribution in [2.45, 2.75) is 39.8 Å². The van der Waals surface area contributed by atoms with Crippen LogP contribution >= 0.6 is 11.3 Å². The van der Waals surface area contributed by atoms with E-state index in [9.17, 15) is 0 Å². The summed E-state index contributed by atoms with van der Waals surface area (Å²) in [6.45, 7) is 8.13. The van der Waals surface area contributed by atoms with E-state index in [2.05, 4.69) is 54.7 Å². The lowest BCUT2D eigenvalue weighted by molar-refractivity contribution is 0.296. The minimum Gasteiger partial charge on any atom is -0.465 e. The zero-order valence-corrected chi connectivity index (χ0v) is 14.1. The maximum absolute atomic E-state index is 5.87. The Hall–Kier alpha value is -1.10. The molecule has 2 heterocycles. The molecule has 116 valence electrons. The summed E-state index contributed by atoms with van der Waals surface area (Å²) in [4.78, 5) is 3.77. The molecule has 0 aliphatic rings. The van der Waals surface area contributed by atoms with Crippen molar-refractivity contribution in [2.24, 2.45) is 0 Å². The molecular formula is C17H26N2OS. The highest BCUT2D eigenvalue weighted by molar-refractivity contribution is 7.09. The van der Waals surface area contributed by atoms with Gasteiger partial charge in [-0.25, -0.2) is 0 Å². The number of furan rings is 1. The average Bonchev–Trinajstić information content (AvgIpc) is 3.07. The zero-order valence-electron chi connectivity index (χ0n) is 13.3. The van der Waals surface area contributed by atoms with E-state index in [1.165, 1.54) is 10.4 Å². The summed E-state index contributed by atoms with van der Waals surface area (Å²) in [5.74, 6) is 2.11. The smallest absolute Gasteiger partial charge is 0.118 e. The molecule has 0 aliphatic carbocycles. The van der Waals surface area contributed by atoms with Crippen LogP contribution in [0.5, 0.6) is 0 Å². The van der Waals surface area contributed by atoms with Gasteiger partial charge in [-0.05, 0) is 50.9 Å². The number of hydrogen-bond acceptors (Lipinski definition) is 4. The standard InChI is InChI=1S/C17H26N2OS/c1-4-8-18-12-15-11-16(20-14(15)2)13-19(3)9-7-17-6-5-10-21-17/h5-6,10-11,18H,4,7-9,12-13H2,1-3H3. The minimum atomic E-state index is 0.875. The van der Waals surface area contributed by atoms with Crippen molar-refractivity contribution in [3.05, 3.63) is 45.5 Å². The van der Waals surface area contributed by atoms with Gasteiger partial charge in [0.05, 0.1) is 6.54 Å². The van der Waals surface area contributed by atoms with E-state index in [1.807, 2.05) is 11.3 Å². The molecule has 2 aromatic rings. The number of nitrogens with zero attached hydrogens (tertiary/aromatic N) is 1. The second-order valence-corrected chi connectivity index (χ2v) is 6.57. The maximum Gasteiger partial charge on any atom is 0.118 e. The third kappa shape index (κ3) is 5.30. The van der Waals surface area contributed by atoms with Gasteiger partial charge in [-0.1, -0.05) is 13.0 Å². The summed E-state index contributed by atoms with van der Waals surface area (Å²) in [5.41, 5.74) is 1.28. The lowest BCUT2D eigenvalue weighted by Gasteiger charge is -2.14. The Kier molecular flexibility index (Phi) is 6.49. The van der Waals surface area contributed by atoms with Crippen LogP contribution in [-0.2, 0) is 19.5 Å². The van der Waals surface area contributed by atoms with E-state index in [-0.39, 0.29) is 0 Å². The number of nitrogens with one attached hydrogen (secondary N) is 1. The monoisotopic (exact) mass is 306 g/mol. The third-order valence-corrected chi connectivity index (χ3v) is 4.50. The summed E-state index contributed by atoms with van der Waals surface area (Å²) < 4.78 is 5.87. The first kappa shape index (κ1) is 16.3. The largest absolute Gasteiger partial charge is 0.465 e. The molecule has 2 aromatic heterocycles. The Morgan fingerprint density at radius 2 is 2.24 bits per heavy atom. The Labute approximate surface area is 132 Å². The van der Waals surface area contributed by atoms with Crippen molar-refractivity contribution in [2.75, 3.05) is 20.1 Å². The first-order valence-electron chi connectivity index (χ1n) is 7.69. The Bertz CT molecular complexity index is 519. The maximum atomic E-state index is 5.87. The molecule has 0 aliphatic heterocycles. The lowest BCUT2D eigenvalue weighted by Crippen LogP contribution is -2.20. The van der Waals surface area contributed by atoms with Crippen LogP contribution in [0.4, 0.5) is 0 Å². The van der Waals surface area contributed by atoms with Crippen LogP contribution in [0.2, 0.25) is 0 Å². The van der Waals surface area contributed by atoms with Gasteiger partial charge < -0.3 is 9.73 Å². The van der Waals surface area contributed by atoms with Gasteiger partial charge in [-0.15, -0.1) is 11.3 Å². The second-order valence-electron chi connectivity index (χ2n) is 5.54. The molecule has 0 spiro atoms. The Morgan fingerprint density at radius 1 is 1.38 bits per heavy atom. The van der Waals surface area contributed by atoms with Gasteiger partial charge in [-0.3, -0.25) is 4.90 Å². The quantitative estimate of drug-likeness (QED) is 0.714. The predicted octanol–water partition coefficient (Wildman–Crippen LogP) is 3.82. The van der Waals surface area contributed by atoms with Crippen molar-refractivity contribution in [3.63, 3.8) is 0 Å². The zero-order chi connectivity index (χ0) is 15.1. The van der Waals surface area contributed by atoms with Gasteiger partial charge >= 0.3 is 0 Å². The van der Waals surface area contributed by atoms with Crippen LogP contribution in [0, 0.1) is 6.92 Å². The normalized spacial score (nSPS) is 11.4. The average molecular weight is 306 g/mol. The van der Waals surface area contributed by atoms with Crippen molar-refractivity contribution in [3.8, 4) is 0 Å². The van der Waals surface area contributed by atoms with Crippen LogP contribution in [0.25, 0.3) is 0 Å². The van der Waals surface area contributed by atoms with E-state index < -0.39 is 0 Å².